The number of nitrogens with zero attached hydrogens (tertiary/aromatic N) is 1. The lowest BCUT2D eigenvalue weighted by Gasteiger charge is -1.92. The summed E-state index contributed by atoms with van der Waals surface area (Å²) in [6, 6.07) is 0. The molecule has 0 fully saturated rings. The number of carbonyl (C=O) groups excluding carboxylic acids is 1. The van der Waals surface area contributed by atoms with Crippen molar-refractivity contribution in [1.82, 2.24) is 4.98 Å². The average molecular weight is 260 g/mol. The van der Waals surface area contributed by atoms with Crippen LogP contribution in [-0.2, 0) is 0 Å². The van der Waals surface area contributed by atoms with Crippen molar-refractivity contribution in [2.75, 3.05) is 0 Å². The van der Waals surface area contributed by atoms with E-state index in [4.69, 9.17) is 0 Å². The van der Waals surface area contributed by atoms with Gasteiger partial charge in [0.05, 0.1) is 9.98 Å². The number of ketones is 1. The lowest BCUT2D eigenvalue weighted by molar-refractivity contribution is 0.104. The van der Waals surface area contributed by atoms with Gasteiger partial charge in [-0.1, -0.05) is 12.5 Å². The normalized spacial score (nSPS) is 11.8. The Bertz CT molecular complexity index is 343. The van der Waals surface area contributed by atoms with E-state index in [0.29, 0.717) is 5.01 Å². The van der Waals surface area contributed by atoms with Crippen molar-refractivity contribution in [3.63, 3.8) is 0 Å². The molecule has 0 aliphatic carbocycles. The Morgan fingerprint density at radius 2 is 2.46 bits per heavy atom. The van der Waals surface area contributed by atoms with Crippen LogP contribution >= 0.6 is 27.3 Å². The smallest absolute Gasteiger partial charge is 0.214 e. The molecule has 0 saturated carbocycles. The van der Waals surface area contributed by atoms with Gasteiger partial charge in [-0.2, -0.15) is 0 Å². The van der Waals surface area contributed by atoms with Crippen molar-refractivity contribution in [3.8, 4) is 0 Å². The SMILES string of the molecule is CC/C(C)=C/C(=O)c1ncc(Br)s1. The highest BCUT2D eigenvalue weighted by Crippen LogP contribution is 2.20. The van der Waals surface area contributed by atoms with Crippen LogP contribution in [0.1, 0.15) is 30.1 Å². The van der Waals surface area contributed by atoms with Crippen LogP contribution in [0.15, 0.2) is 21.6 Å². The Morgan fingerprint density at radius 3 is 2.92 bits per heavy atom. The minimum absolute atomic E-state index is 0.00458. The topological polar surface area (TPSA) is 30.0 Å². The van der Waals surface area contributed by atoms with Gasteiger partial charge in [0.25, 0.3) is 0 Å². The Kier molecular flexibility index (Phi) is 3.81. The molecule has 0 radical (unpaired) electrons. The average Bonchev–Trinajstić information content (AvgIpc) is 2.51. The largest absolute Gasteiger partial charge is 0.287 e. The maximum Gasteiger partial charge on any atom is 0.214 e. The molecule has 0 N–H and O–H groups in total. The monoisotopic (exact) mass is 259 g/mol. The summed E-state index contributed by atoms with van der Waals surface area (Å²) in [4.78, 5) is 15.5. The first-order valence-corrected chi connectivity index (χ1v) is 5.57. The standard InChI is InChI=1S/C9H10BrNOS/c1-3-6(2)4-7(12)9-11-5-8(10)13-9/h4-5H,3H2,1-2H3/b6-4+. The molecule has 2 nitrogen and oxygen atoms in total. The fraction of sp³-hybridized carbons (Fsp3) is 0.333. The predicted octanol–water partition coefficient (Wildman–Crippen LogP) is 3.44. The number of thiazole rings is 1. The van der Waals surface area contributed by atoms with Gasteiger partial charge in [-0.05, 0) is 35.4 Å². The summed E-state index contributed by atoms with van der Waals surface area (Å²) in [5, 5.41) is 0.541. The lowest BCUT2D eigenvalue weighted by Crippen LogP contribution is -1.93. The quantitative estimate of drug-likeness (QED) is 0.615. The van der Waals surface area contributed by atoms with Crippen molar-refractivity contribution in [2.45, 2.75) is 20.3 Å². The Hall–Kier alpha value is -0.480. The third kappa shape index (κ3) is 3.04. The maximum absolute atomic E-state index is 11.5. The number of halogens is 1. The highest BCUT2D eigenvalue weighted by molar-refractivity contribution is 9.11. The second-order valence-electron chi connectivity index (χ2n) is 2.68. The van der Waals surface area contributed by atoms with E-state index in [2.05, 4.69) is 20.9 Å². The summed E-state index contributed by atoms with van der Waals surface area (Å²) in [5.41, 5.74) is 1.08. The van der Waals surface area contributed by atoms with E-state index >= 15 is 0 Å². The molecule has 0 bridgehead atoms. The van der Waals surface area contributed by atoms with Crippen LogP contribution in [0.5, 0.6) is 0 Å². The van der Waals surface area contributed by atoms with Gasteiger partial charge in [0.2, 0.25) is 5.78 Å². The van der Waals surface area contributed by atoms with E-state index in [1.165, 1.54) is 11.3 Å². The van der Waals surface area contributed by atoms with E-state index in [1.54, 1.807) is 12.3 Å². The van der Waals surface area contributed by atoms with E-state index in [1.807, 2.05) is 13.8 Å². The molecule has 70 valence electrons. The van der Waals surface area contributed by atoms with Crippen LogP contribution in [0.4, 0.5) is 0 Å². The zero-order chi connectivity index (χ0) is 9.84. The summed E-state index contributed by atoms with van der Waals surface area (Å²) >= 11 is 4.63. The molecule has 1 heterocycles. The zero-order valence-corrected chi connectivity index (χ0v) is 9.91. The molecule has 4 heteroatoms. The summed E-state index contributed by atoms with van der Waals surface area (Å²) in [7, 11) is 0. The van der Waals surface area contributed by atoms with Gasteiger partial charge in [-0.3, -0.25) is 4.79 Å². The summed E-state index contributed by atoms with van der Waals surface area (Å²) in [5.74, 6) is -0.00458. The Balaban J connectivity index is 2.80. The van der Waals surface area contributed by atoms with Crippen molar-refractivity contribution in [1.29, 1.82) is 0 Å². The first kappa shape index (κ1) is 10.6. The fourth-order valence-electron chi connectivity index (χ4n) is 0.756. The Labute approximate surface area is 89.8 Å². The van der Waals surface area contributed by atoms with Crippen LogP contribution in [0, 0.1) is 0 Å². The maximum atomic E-state index is 11.5. The second-order valence-corrected chi connectivity index (χ2v) is 5.09. The number of hydrogen-bond acceptors (Lipinski definition) is 3. The zero-order valence-electron chi connectivity index (χ0n) is 7.50. The molecule has 0 spiro atoms. The molecule has 1 rings (SSSR count). The number of hydrogen-bond donors (Lipinski definition) is 0. The predicted molar refractivity (Wildman–Crippen MR) is 58.2 cm³/mol. The number of rotatable bonds is 3. The summed E-state index contributed by atoms with van der Waals surface area (Å²) in [6.45, 7) is 3.97. The molecule has 0 unspecified atom stereocenters. The van der Waals surface area contributed by atoms with Gasteiger partial charge in [-0.15, -0.1) is 11.3 Å². The molecular weight excluding hydrogens is 250 g/mol. The van der Waals surface area contributed by atoms with Crippen LogP contribution in [0.2, 0.25) is 0 Å². The molecule has 13 heavy (non-hydrogen) atoms. The fourth-order valence-corrected chi connectivity index (χ4v) is 1.87. The number of carbonyl (C=O) groups is 1. The van der Waals surface area contributed by atoms with Gasteiger partial charge in [0.1, 0.15) is 0 Å². The van der Waals surface area contributed by atoms with E-state index < -0.39 is 0 Å². The highest BCUT2D eigenvalue weighted by Gasteiger charge is 2.07. The third-order valence-corrected chi connectivity index (χ3v) is 3.11. The van der Waals surface area contributed by atoms with Crippen molar-refractivity contribution >= 4 is 33.0 Å². The number of aromatic nitrogens is 1. The summed E-state index contributed by atoms with van der Waals surface area (Å²) < 4.78 is 0.887. The molecule has 0 aliphatic rings. The molecule has 0 amide bonds. The van der Waals surface area contributed by atoms with E-state index in [-0.39, 0.29) is 5.78 Å². The first-order chi connectivity index (χ1) is 6.13. The first-order valence-electron chi connectivity index (χ1n) is 3.96. The van der Waals surface area contributed by atoms with Crippen molar-refractivity contribution in [2.24, 2.45) is 0 Å². The van der Waals surface area contributed by atoms with Crippen molar-refractivity contribution in [3.05, 3.63) is 26.6 Å². The molecule has 1 aromatic rings. The molecule has 0 aromatic carbocycles. The molecule has 0 saturated heterocycles. The second kappa shape index (κ2) is 4.67. The highest BCUT2D eigenvalue weighted by atomic mass is 79.9. The van der Waals surface area contributed by atoms with Gasteiger partial charge >= 0.3 is 0 Å². The lowest BCUT2D eigenvalue weighted by atomic mass is 10.2. The van der Waals surface area contributed by atoms with Crippen LogP contribution < -0.4 is 0 Å². The van der Waals surface area contributed by atoms with E-state index in [9.17, 15) is 4.79 Å². The van der Waals surface area contributed by atoms with Crippen LogP contribution in [0.3, 0.4) is 0 Å². The Morgan fingerprint density at radius 1 is 1.77 bits per heavy atom. The molecule has 0 aliphatic heterocycles. The third-order valence-electron chi connectivity index (χ3n) is 1.62. The number of allylic oxidation sites excluding steroid dienone is 2. The minimum Gasteiger partial charge on any atom is -0.287 e. The van der Waals surface area contributed by atoms with Gasteiger partial charge in [0, 0.05) is 0 Å². The molecular formula is C9H10BrNOS. The van der Waals surface area contributed by atoms with Crippen molar-refractivity contribution < 1.29 is 4.79 Å². The minimum atomic E-state index is -0.00458. The van der Waals surface area contributed by atoms with Crippen LogP contribution in [0.25, 0.3) is 0 Å². The molecule has 0 atom stereocenters. The van der Waals surface area contributed by atoms with Gasteiger partial charge in [-0.25, -0.2) is 4.98 Å². The molecule has 1 aromatic heterocycles. The van der Waals surface area contributed by atoms with E-state index in [0.717, 1.165) is 15.8 Å². The summed E-state index contributed by atoms with van der Waals surface area (Å²) in [6.07, 6.45) is 4.19. The van der Waals surface area contributed by atoms with Crippen LogP contribution in [-0.4, -0.2) is 10.8 Å². The van der Waals surface area contributed by atoms with Gasteiger partial charge in [0.15, 0.2) is 5.01 Å². The van der Waals surface area contributed by atoms with Gasteiger partial charge < -0.3 is 0 Å².